The van der Waals surface area contributed by atoms with E-state index in [2.05, 4.69) is 4.90 Å². The lowest BCUT2D eigenvalue weighted by atomic mass is 10.0. The van der Waals surface area contributed by atoms with Crippen molar-refractivity contribution in [3.8, 4) is 0 Å². The van der Waals surface area contributed by atoms with E-state index in [1.54, 1.807) is 12.1 Å². The number of aryl methyl sites for hydroxylation is 1. The number of fused-ring (bicyclic) bond motifs is 1. The molecule has 0 saturated heterocycles. The van der Waals surface area contributed by atoms with Crippen LogP contribution in [-0.2, 0) is 15.5 Å². The van der Waals surface area contributed by atoms with E-state index in [9.17, 15) is 8.42 Å². The van der Waals surface area contributed by atoms with E-state index in [1.165, 1.54) is 0 Å². The molecule has 0 bridgehead atoms. The van der Waals surface area contributed by atoms with Crippen molar-refractivity contribution >= 4 is 37.0 Å². The maximum absolute atomic E-state index is 11.3. The quantitative estimate of drug-likeness (QED) is 0.635. The van der Waals surface area contributed by atoms with Crippen molar-refractivity contribution < 1.29 is 8.42 Å². The Hall–Kier alpha value is -0.450. The highest BCUT2D eigenvalue weighted by atomic mass is 35.7. The number of anilines is 1. The molecule has 0 N–H and O–H groups in total. The molecule has 0 fully saturated rings. The number of benzene rings is 1. The van der Waals surface area contributed by atoms with E-state index in [0.717, 1.165) is 37.2 Å². The van der Waals surface area contributed by atoms with Crippen molar-refractivity contribution in [3.63, 3.8) is 0 Å². The molecule has 1 aliphatic heterocycles. The molecule has 1 aromatic rings. The fourth-order valence-corrected chi connectivity index (χ4v) is 3.09. The van der Waals surface area contributed by atoms with Gasteiger partial charge < -0.3 is 4.90 Å². The van der Waals surface area contributed by atoms with Gasteiger partial charge in [-0.05, 0) is 30.5 Å². The second-order valence-corrected chi connectivity index (χ2v) is 6.95. The van der Waals surface area contributed by atoms with Crippen LogP contribution in [0.4, 0.5) is 5.69 Å². The molecule has 3 nitrogen and oxygen atoms in total. The molecule has 0 spiro atoms. The van der Waals surface area contributed by atoms with Crippen LogP contribution in [0.5, 0.6) is 0 Å². The van der Waals surface area contributed by atoms with Crippen LogP contribution in [0.15, 0.2) is 23.1 Å². The number of hydrogen-bond acceptors (Lipinski definition) is 3. The summed E-state index contributed by atoms with van der Waals surface area (Å²) in [7, 11) is 1.69. The molecule has 0 radical (unpaired) electrons. The van der Waals surface area contributed by atoms with Crippen LogP contribution in [0.2, 0.25) is 0 Å². The first-order valence-electron chi connectivity index (χ1n) is 5.41. The summed E-state index contributed by atoms with van der Waals surface area (Å²) < 4.78 is 22.6. The Kier molecular flexibility index (Phi) is 3.85. The van der Waals surface area contributed by atoms with Crippen LogP contribution >= 0.6 is 22.3 Å². The third-order valence-electron chi connectivity index (χ3n) is 2.91. The topological polar surface area (TPSA) is 37.4 Å². The predicted octanol–water partition coefficient (Wildman–Crippen LogP) is 2.61. The molecule has 0 unspecified atom stereocenters. The first kappa shape index (κ1) is 13.0. The predicted molar refractivity (Wildman–Crippen MR) is 70.7 cm³/mol. The van der Waals surface area contributed by atoms with Gasteiger partial charge in [0.15, 0.2) is 0 Å². The van der Waals surface area contributed by atoms with Gasteiger partial charge >= 0.3 is 0 Å². The SMILES string of the molecule is O=S(=O)(Cl)c1ccc2c(c1)N(CCCl)CCC2. The van der Waals surface area contributed by atoms with Crippen molar-refractivity contribution in [1.82, 2.24) is 0 Å². The Morgan fingerprint density at radius 3 is 2.76 bits per heavy atom. The van der Waals surface area contributed by atoms with Gasteiger partial charge in [0.05, 0.1) is 4.90 Å². The highest BCUT2D eigenvalue weighted by Gasteiger charge is 2.19. The van der Waals surface area contributed by atoms with Crippen LogP contribution < -0.4 is 4.90 Å². The molecule has 1 heterocycles. The van der Waals surface area contributed by atoms with Crippen LogP contribution in [0, 0.1) is 0 Å². The maximum Gasteiger partial charge on any atom is 0.261 e. The number of hydrogen-bond donors (Lipinski definition) is 0. The van der Waals surface area contributed by atoms with E-state index in [-0.39, 0.29) is 4.90 Å². The Balaban J connectivity index is 2.44. The normalized spacial score (nSPS) is 15.8. The van der Waals surface area contributed by atoms with E-state index < -0.39 is 9.05 Å². The molecular formula is C11H13Cl2NO2S. The van der Waals surface area contributed by atoms with E-state index >= 15 is 0 Å². The minimum atomic E-state index is -3.66. The third kappa shape index (κ3) is 2.87. The molecule has 1 aliphatic rings. The minimum absolute atomic E-state index is 0.152. The average molecular weight is 294 g/mol. The molecule has 94 valence electrons. The minimum Gasteiger partial charge on any atom is -0.370 e. The molecule has 0 amide bonds. The van der Waals surface area contributed by atoms with Gasteiger partial charge in [-0.15, -0.1) is 11.6 Å². The molecule has 0 saturated carbocycles. The molecular weight excluding hydrogens is 281 g/mol. The summed E-state index contributed by atoms with van der Waals surface area (Å²) in [6.07, 6.45) is 2.04. The monoisotopic (exact) mass is 293 g/mol. The zero-order valence-electron chi connectivity index (χ0n) is 9.20. The number of halogens is 2. The fourth-order valence-electron chi connectivity index (χ4n) is 2.12. The second-order valence-electron chi connectivity index (χ2n) is 4.01. The van der Waals surface area contributed by atoms with Gasteiger partial charge in [-0.25, -0.2) is 8.42 Å². The number of alkyl halides is 1. The summed E-state index contributed by atoms with van der Waals surface area (Å²) in [6, 6.07) is 5.04. The van der Waals surface area contributed by atoms with Crippen molar-refractivity contribution in [3.05, 3.63) is 23.8 Å². The Labute approximate surface area is 111 Å². The first-order valence-corrected chi connectivity index (χ1v) is 8.25. The van der Waals surface area contributed by atoms with Crippen molar-refractivity contribution in [1.29, 1.82) is 0 Å². The second kappa shape index (κ2) is 5.04. The van der Waals surface area contributed by atoms with Gasteiger partial charge in [-0.2, -0.15) is 0 Å². The highest BCUT2D eigenvalue weighted by Crippen LogP contribution is 2.30. The van der Waals surface area contributed by atoms with E-state index in [1.807, 2.05) is 6.07 Å². The standard InChI is InChI=1S/C11H13Cl2NO2S/c12-5-7-14-6-1-2-9-3-4-10(8-11(9)14)17(13,15)16/h3-4,8H,1-2,5-7H2. The van der Waals surface area contributed by atoms with Crippen molar-refractivity contribution in [2.24, 2.45) is 0 Å². The van der Waals surface area contributed by atoms with E-state index in [0.29, 0.717) is 5.88 Å². The zero-order chi connectivity index (χ0) is 12.5. The average Bonchev–Trinajstić information content (AvgIpc) is 2.28. The summed E-state index contributed by atoms with van der Waals surface area (Å²) in [6.45, 7) is 1.63. The lowest BCUT2D eigenvalue weighted by Gasteiger charge is -2.31. The fraction of sp³-hybridized carbons (Fsp3) is 0.455. The van der Waals surface area contributed by atoms with E-state index in [4.69, 9.17) is 22.3 Å². The van der Waals surface area contributed by atoms with Crippen LogP contribution in [-0.4, -0.2) is 27.4 Å². The van der Waals surface area contributed by atoms with Gasteiger partial charge in [0.25, 0.3) is 9.05 Å². The van der Waals surface area contributed by atoms with Crippen molar-refractivity contribution in [2.45, 2.75) is 17.7 Å². The van der Waals surface area contributed by atoms with Crippen LogP contribution in [0.25, 0.3) is 0 Å². The van der Waals surface area contributed by atoms with Crippen molar-refractivity contribution in [2.75, 3.05) is 23.9 Å². The Morgan fingerprint density at radius 2 is 2.12 bits per heavy atom. The summed E-state index contributed by atoms with van der Waals surface area (Å²) in [5, 5.41) is 0. The summed E-state index contributed by atoms with van der Waals surface area (Å²) in [5.74, 6) is 0.525. The smallest absolute Gasteiger partial charge is 0.261 e. The molecule has 0 aliphatic carbocycles. The molecule has 6 heteroatoms. The summed E-state index contributed by atoms with van der Waals surface area (Å²) >= 11 is 5.75. The largest absolute Gasteiger partial charge is 0.370 e. The zero-order valence-corrected chi connectivity index (χ0v) is 11.5. The molecule has 17 heavy (non-hydrogen) atoms. The lowest BCUT2D eigenvalue weighted by molar-refractivity contribution is 0.609. The summed E-state index contributed by atoms with van der Waals surface area (Å²) in [4.78, 5) is 2.26. The summed E-state index contributed by atoms with van der Waals surface area (Å²) in [5.41, 5.74) is 2.10. The number of nitrogens with zero attached hydrogens (tertiary/aromatic N) is 1. The van der Waals surface area contributed by atoms with Gasteiger partial charge in [-0.1, -0.05) is 6.07 Å². The van der Waals surface area contributed by atoms with Gasteiger partial charge in [-0.3, -0.25) is 0 Å². The first-order chi connectivity index (χ1) is 8.02. The van der Waals surface area contributed by atoms with Crippen LogP contribution in [0.3, 0.4) is 0 Å². The maximum atomic E-state index is 11.3. The van der Waals surface area contributed by atoms with Gasteiger partial charge in [0.1, 0.15) is 0 Å². The van der Waals surface area contributed by atoms with Gasteiger partial charge in [0.2, 0.25) is 0 Å². The molecule has 0 aromatic heterocycles. The Morgan fingerprint density at radius 1 is 1.35 bits per heavy atom. The Bertz CT molecular complexity index is 516. The molecule has 1 aromatic carbocycles. The van der Waals surface area contributed by atoms with Gasteiger partial charge in [0, 0.05) is 35.3 Å². The molecule has 0 atom stereocenters. The van der Waals surface area contributed by atoms with Crippen LogP contribution in [0.1, 0.15) is 12.0 Å². The lowest BCUT2D eigenvalue weighted by Crippen LogP contribution is -2.31. The molecule has 2 rings (SSSR count). The highest BCUT2D eigenvalue weighted by molar-refractivity contribution is 8.13. The third-order valence-corrected chi connectivity index (χ3v) is 4.43. The number of rotatable bonds is 3.